The van der Waals surface area contributed by atoms with Crippen LogP contribution in [0.2, 0.25) is 0 Å². The van der Waals surface area contributed by atoms with Crippen molar-refractivity contribution in [2.75, 3.05) is 17.7 Å². The lowest BCUT2D eigenvalue weighted by Crippen LogP contribution is -2.39. The number of pyridine rings is 1. The van der Waals surface area contributed by atoms with Crippen LogP contribution in [0.3, 0.4) is 0 Å². The van der Waals surface area contributed by atoms with E-state index in [1.807, 2.05) is 12.1 Å². The van der Waals surface area contributed by atoms with E-state index in [0.717, 1.165) is 17.4 Å². The average Bonchev–Trinajstić information content (AvgIpc) is 2.29. The summed E-state index contributed by atoms with van der Waals surface area (Å²) in [5.41, 5.74) is 6.59. The molecule has 0 saturated heterocycles. The van der Waals surface area contributed by atoms with Gasteiger partial charge in [0.05, 0.1) is 0 Å². The van der Waals surface area contributed by atoms with Crippen LogP contribution >= 0.6 is 0 Å². The van der Waals surface area contributed by atoms with Gasteiger partial charge in [-0.25, -0.2) is 4.98 Å². The summed E-state index contributed by atoms with van der Waals surface area (Å²) in [5.74, 6) is 1.75. The molecule has 1 aromatic rings. The quantitative estimate of drug-likeness (QED) is 0.831. The molecule has 1 saturated carbocycles. The molecule has 0 amide bonds. The molecule has 0 radical (unpaired) electrons. The number of anilines is 2. The Labute approximate surface area is 97.7 Å². The van der Waals surface area contributed by atoms with Gasteiger partial charge in [0.1, 0.15) is 5.82 Å². The van der Waals surface area contributed by atoms with Gasteiger partial charge in [0, 0.05) is 31.0 Å². The van der Waals surface area contributed by atoms with Gasteiger partial charge in [0.15, 0.2) is 0 Å². The van der Waals surface area contributed by atoms with Crippen LogP contribution in [0.25, 0.3) is 0 Å². The lowest BCUT2D eigenvalue weighted by molar-refractivity contribution is 0.320. The fraction of sp³-hybridized carbons (Fsp3) is 0.615. The first-order chi connectivity index (χ1) is 7.68. The number of aromatic nitrogens is 1. The second-order valence-electron chi connectivity index (χ2n) is 4.89. The number of nitrogens with zero attached hydrogens (tertiary/aromatic N) is 2. The second kappa shape index (κ2) is 4.73. The molecule has 0 bridgehead atoms. The highest BCUT2D eigenvalue weighted by Gasteiger charge is 2.25. The summed E-state index contributed by atoms with van der Waals surface area (Å²) in [6.45, 7) is 2.34. The molecule has 16 heavy (non-hydrogen) atoms. The normalized spacial score (nSPS) is 25.4. The highest BCUT2D eigenvalue weighted by molar-refractivity contribution is 5.50. The Bertz CT molecular complexity index is 351. The molecule has 88 valence electrons. The monoisotopic (exact) mass is 219 g/mol. The van der Waals surface area contributed by atoms with Crippen LogP contribution in [-0.2, 0) is 0 Å². The van der Waals surface area contributed by atoms with E-state index >= 15 is 0 Å². The van der Waals surface area contributed by atoms with Gasteiger partial charge in [0.25, 0.3) is 0 Å². The zero-order chi connectivity index (χ0) is 11.5. The first kappa shape index (κ1) is 11.2. The van der Waals surface area contributed by atoms with Gasteiger partial charge in [0.2, 0.25) is 0 Å². The molecule has 1 heterocycles. The molecule has 1 aliphatic carbocycles. The number of nitrogen functional groups attached to an aromatic ring is 1. The van der Waals surface area contributed by atoms with Crippen molar-refractivity contribution in [3.05, 3.63) is 18.3 Å². The summed E-state index contributed by atoms with van der Waals surface area (Å²) in [7, 11) is 2.13. The van der Waals surface area contributed by atoms with E-state index in [1.54, 1.807) is 6.20 Å². The summed E-state index contributed by atoms with van der Waals surface area (Å²) < 4.78 is 0. The fourth-order valence-corrected chi connectivity index (χ4v) is 2.67. The molecule has 2 rings (SSSR count). The van der Waals surface area contributed by atoms with Gasteiger partial charge in [-0.2, -0.15) is 0 Å². The molecular weight excluding hydrogens is 198 g/mol. The highest BCUT2D eigenvalue weighted by Crippen LogP contribution is 2.29. The van der Waals surface area contributed by atoms with Gasteiger partial charge in [-0.3, -0.25) is 0 Å². The summed E-state index contributed by atoms with van der Waals surface area (Å²) >= 11 is 0. The minimum absolute atomic E-state index is 0.614. The van der Waals surface area contributed by atoms with E-state index in [9.17, 15) is 0 Å². The molecule has 2 unspecified atom stereocenters. The van der Waals surface area contributed by atoms with Crippen molar-refractivity contribution in [1.82, 2.24) is 4.98 Å². The molecule has 1 aliphatic rings. The largest absolute Gasteiger partial charge is 0.399 e. The molecular formula is C13H21N3. The Morgan fingerprint density at radius 3 is 2.81 bits per heavy atom. The first-order valence-corrected chi connectivity index (χ1v) is 6.13. The molecule has 2 N–H and O–H groups in total. The standard InChI is InChI=1S/C13H21N3/c1-10-5-3-4-6-12(10)16(2)13-9-11(14)7-8-15-13/h7-10,12H,3-6H2,1-2H3,(H2,14,15). The predicted molar refractivity (Wildman–Crippen MR) is 68.5 cm³/mol. The molecule has 0 aromatic carbocycles. The van der Waals surface area contributed by atoms with Crippen LogP contribution in [0.4, 0.5) is 11.5 Å². The molecule has 0 spiro atoms. The summed E-state index contributed by atoms with van der Waals surface area (Å²) in [6, 6.07) is 4.41. The Kier molecular flexibility index (Phi) is 3.32. The van der Waals surface area contributed by atoms with E-state index < -0.39 is 0 Å². The maximum Gasteiger partial charge on any atom is 0.130 e. The molecule has 3 nitrogen and oxygen atoms in total. The number of hydrogen-bond donors (Lipinski definition) is 1. The van der Waals surface area contributed by atoms with Gasteiger partial charge >= 0.3 is 0 Å². The summed E-state index contributed by atoms with van der Waals surface area (Å²) in [6.07, 6.45) is 7.09. The van der Waals surface area contributed by atoms with Crippen LogP contribution in [0.15, 0.2) is 18.3 Å². The Morgan fingerprint density at radius 1 is 1.38 bits per heavy atom. The van der Waals surface area contributed by atoms with Crippen LogP contribution in [-0.4, -0.2) is 18.1 Å². The third kappa shape index (κ3) is 2.29. The molecule has 3 heteroatoms. The van der Waals surface area contributed by atoms with Crippen LogP contribution < -0.4 is 10.6 Å². The number of nitrogens with two attached hydrogens (primary N) is 1. The molecule has 2 atom stereocenters. The van der Waals surface area contributed by atoms with Crippen LogP contribution in [0.5, 0.6) is 0 Å². The highest BCUT2D eigenvalue weighted by atomic mass is 15.2. The van der Waals surface area contributed by atoms with Gasteiger partial charge < -0.3 is 10.6 Å². The van der Waals surface area contributed by atoms with Crippen LogP contribution in [0.1, 0.15) is 32.6 Å². The topological polar surface area (TPSA) is 42.1 Å². The third-order valence-corrected chi connectivity index (χ3v) is 3.69. The lowest BCUT2D eigenvalue weighted by Gasteiger charge is -2.37. The minimum atomic E-state index is 0.614. The van der Waals surface area contributed by atoms with E-state index in [-0.39, 0.29) is 0 Å². The van der Waals surface area contributed by atoms with E-state index in [1.165, 1.54) is 25.7 Å². The van der Waals surface area contributed by atoms with Crippen molar-refractivity contribution in [2.24, 2.45) is 5.92 Å². The van der Waals surface area contributed by atoms with Gasteiger partial charge in [-0.15, -0.1) is 0 Å². The first-order valence-electron chi connectivity index (χ1n) is 6.13. The lowest BCUT2D eigenvalue weighted by atomic mass is 9.85. The van der Waals surface area contributed by atoms with Crippen molar-refractivity contribution < 1.29 is 0 Å². The zero-order valence-electron chi connectivity index (χ0n) is 10.2. The van der Waals surface area contributed by atoms with Crippen molar-refractivity contribution in [2.45, 2.75) is 38.6 Å². The van der Waals surface area contributed by atoms with E-state index in [2.05, 4.69) is 23.9 Å². The maximum atomic E-state index is 5.79. The predicted octanol–water partition coefficient (Wildman–Crippen LogP) is 2.68. The number of hydrogen-bond acceptors (Lipinski definition) is 3. The fourth-order valence-electron chi connectivity index (χ4n) is 2.67. The molecule has 1 aromatic heterocycles. The van der Waals surface area contributed by atoms with Gasteiger partial charge in [-0.1, -0.05) is 19.8 Å². The summed E-state index contributed by atoms with van der Waals surface area (Å²) in [5, 5.41) is 0. The van der Waals surface area contributed by atoms with Crippen molar-refractivity contribution >= 4 is 11.5 Å². The molecule has 0 aliphatic heterocycles. The van der Waals surface area contributed by atoms with Crippen molar-refractivity contribution in [3.8, 4) is 0 Å². The SMILES string of the molecule is CC1CCCCC1N(C)c1cc(N)ccn1. The minimum Gasteiger partial charge on any atom is -0.399 e. The smallest absolute Gasteiger partial charge is 0.130 e. The zero-order valence-corrected chi connectivity index (χ0v) is 10.2. The third-order valence-electron chi connectivity index (χ3n) is 3.69. The Morgan fingerprint density at radius 2 is 2.12 bits per heavy atom. The van der Waals surface area contributed by atoms with Crippen molar-refractivity contribution in [1.29, 1.82) is 0 Å². The van der Waals surface area contributed by atoms with E-state index in [0.29, 0.717) is 6.04 Å². The summed E-state index contributed by atoms with van der Waals surface area (Å²) in [4.78, 5) is 6.69. The number of rotatable bonds is 2. The van der Waals surface area contributed by atoms with E-state index in [4.69, 9.17) is 5.73 Å². The Balaban J connectivity index is 2.14. The second-order valence-corrected chi connectivity index (χ2v) is 4.89. The van der Waals surface area contributed by atoms with Crippen molar-refractivity contribution in [3.63, 3.8) is 0 Å². The Hall–Kier alpha value is -1.25. The maximum absolute atomic E-state index is 5.79. The van der Waals surface area contributed by atoms with Crippen LogP contribution in [0, 0.1) is 5.92 Å². The van der Waals surface area contributed by atoms with Gasteiger partial charge in [-0.05, 0) is 24.8 Å². The molecule has 1 fully saturated rings. The average molecular weight is 219 g/mol.